The van der Waals surface area contributed by atoms with Gasteiger partial charge >= 0.3 is 0 Å². The molecule has 0 unspecified atom stereocenters. The maximum absolute atomic E-state index is 3.38. The number of aromatic nitrogens is 1. The number of aromatic amines is 1. The molecule has 1 N–H and O–H groups in total. The Morgan fingerprint density at radius 3 is 2.85 bits per heavy atom. The SMILES string of the molecule is CSc1c(C)[nH]c2ccc(I)cc12. The molecule has 1 nitrogen and oxygen atoms in total. The van der Waals surface area contributed by atoms with Gasteiger partial charge in [-0.15, -0.1) is 11.8 Å². The van der Waals surface area contributed by atoms with Crippen LogP contribution < -0.4 is 0 Å². The molecule has 0 aliphatic heterocycles. The first-order chi connectivity index (χ1) is 6.22. The van der Waals surface area contributed by atoms with Gasteiger partial charge in [-0.1, -0.05) is 0 Å². The van der Waals surface area contributed by atoms with Gasteiger partial charge in [0.15, 0.2) is 0 Å². The summed E-state index contributed by atoms with van der Waals surface area (Å²) in [5.74, 6) is 0. The number of fused-ring (bicyclic) bond motifs is 1. The smallest absolute Gasteiger partial charge is 0.0468 e. The highest BCUT2D eigenvalue weighted by molar-refractivity contribution is 14.1. The van der Waals surface area contributed by atoms with Crippen LogP contribution in [0.2, 0.25) is 0 Å². The molecular weight excluding hydrogens is 293 g/mol. The van der Waals surface area contributed by atoms with E-state index in [1.165, 1.54) is 25.1 Å². The number of H-pyrrole nitrogens is 1. The molecule has 0 spiro atoms. The monoisotopic (exact) mass is 303 g/mol. The lowest BCUT2D eigenvalue weighted by Crippen LogP contribution is -1.71. The third-order valence-electron chi connectivity index (χ3n) is 2.09. The van der Waals surface area contributed by atoms with Gasteiger partial charge in [0, 0.05) is 25.1 Å². The van der Waals surface area contributed by atoms with Crippen molar-refractivity contribution in [2.24, 2.45) is 0 Å². The normalized spacial score (nSPS) is 11.0. The van der Waals surface area contributed by atoms with Crippen LogP contribution in [-0.4, -0.2) is 11.2 Å². The Labute approximate surface area is 95.4 Å². The Balaban J connectivity index is 2.80. The molecule has 1 aromatic heterocycles. The number of rotatable bonds is 1. The van der Waals surface area contributed by atoms with Crippen molar-refractivity contribution in [3.8, 4) is 0 Å². The molecule has 0 aliphatic carbocycles. The van der Waals surface area contributed by atoms with Gasteiger partial charge in [-0.25, -0.2) is 0 Å². The van der Waals surface area contributed by atoms with Crippen molar-refractivity contribution >= 4 is 45.3 Å². The number of aryl methyl sites for hydroxylation is 1. The Bertz CT molecular complexity index is 447. The first-order valence-corrected chi connectivity index (χ1v) is 6.34. The molecule has 0 fully saturated rings. The van der Waals surface area contributed by atoms with Crippen LogP contribution in [0.3, 0.4) is 0 Å². The van der Waals surface area contributed by atoms with E-state index in [2.05, 4.69) is 59.0 Å². The highest BCUT2D eigenvalue weighted by Crippen LogP contribution is 2.30. The number of nitrogens with one attached hydrogen (secondary N) is 1. The van der Waals surface area contributed by atoms with E-state index < -0.39 is 0 Å². The van der Waals surface area contributed by atoms with Crippen LogP contribution in [0.1, 0.15) is 5.69 Å². The van der Waals surface area contributed by atoms with Crippen LogP contribution in [0.25, 0.3) is 10.9 Å². The number of hydrogen-bond donors (Lipinski definition) is 1. The van der Waals surface area contributed by atoms with Crippen LogP contribution >= 0.6 is 34.4 Å². The summed E-state index contributed by atoms with van der Waals surface area (Å²) < 4.78 is 1.29. The maximum Gasteiger partial charge on any atom is 0.0468 e. The maximum atomic E-state index is 3.38. The summed E-state index contributed by atoms with van der Waals surface area (Å²) in [6.07, 6.45) is 2.12. The second-order valence-electron chi connectivity index (χ2n) is 2.97. The van der Waals surface area contributed by atoms with Crippen molar-refractivity contribution < 1.29 is 0 Å². The second kappa shape index (κ2) is 3.53. The van der Waals surface area contributed by atoms with E-state index in [0.717, 1.165) is 0 Å². The van der Waals surface area contributed by atoms with E-state index in [1.807, 2.05) is 0 Å². The highest BCUT2D eigenvalue weighted by Gasteiger charge is 2.06. The Hall–Kier alpha value is -0.160. The zero-order valence-corrected chi connectivity index (χ0v) is 10.5. The predicted molar refractivity (Wildman–Crippen MR) is 67.5 cm³/mol. The summed E-state index contributed by atoms with van der Waals surface area (Å²) in [5, 5.41) is 1.34. The molecule has 0 radical (unpaired) electrons. The molecule has 0 bridgehead atoms. The van der Waals surface area contributed by atoms with Crippen molar-refractivity contribution in [2.45, 2.75) is 11.8 Å². The number of thioether (sulfide) groups is 1. The Morgan fingerprint density at radius 2 is 2.15 bits per heavy atom. The van der Waals surface area contributed by atoms with E-state index in [4.69, 9.17) is 0 Å². The van der Waals surface area contributed by atoms with Gasteiger partial charge < -0.3 is 4.98 Å². The van der Waals surface area contributed by atoms with Crippen molar-refractivity contribution in [3.63, 3.8) is 0 Å². The van der Waals surface area contributed by atoms with E-state index in [1.54, 1.807) is 11.8 Å². The molecule has 0 saturated heterocycles. The lowest BCUT2D eigenvalue weighted by Gasteiger charge is -1.95. The first-order valence-electron chi connectivity index (χ1n) is 4.04. The summed E-state index contributed by atoms with van der Waals surface area (Å²) in [7, 11) is 0. The van der Waals surface area contributed by atoms with Crippen molar-refractivity contribution in [2.75, 3.05) is 6.26 Å². The molecular formula is C10H10INS. The van der Waals surface area contributed by atoms with Crippen LogP contribution in [-0.2, 0) is 0 Å². The van der Waals surface area contributed by atoms with Gasteiger partial charge in [0.2, 0.25) is 0 Å². The summed E-state index contributed by atoms with van der Waals surface area (Å²) in [5.41, 5.74) is 2.51. The largest absolute Gasteiger partial charge is 0.358 e. The van der Waals surface area contributed by atoms with E-state index in [9.17, 15) is 0 Å². The molecule has 68 valence electrons. The molecule has 0 saturated carbocycles. The minimum Gasteiger partial charge on any atom is -0.358 e. The van der Waals surface area contributed by atoms with Gasteiger partial charge in [-0.2, -0.15) is 0 Å². The summed E-state index contributed by atoms with van der Waals surface area (Å²) in [6, 6.07) is 6.50. The average molecular weight is 303 g/mol. The van der Waals surface area contributed by atoms with Crippen molar-refractivity contribution in [1.82, 2.24) is 4.98 Å². The number of halogens is 1. The fourth-order valence-corrected chi connectivity index (χ4v) is 2.77. The third kappa shape index (κ3) is 1.59. The van der Waals surface area contributed by atoms with E-state index in [0.29, 0.717) is 0 Å². The lowest BCUT2D eigenvalue weighted by atomic mass is 10.2. The Morgan fingerprint density at radius 1 is 1.38 bits per heavy atom. The molecule has 0 amide bonds. The number of benzene rings is 1. The first kappa shape index (κ1) is 9.40. The number of hydrogen-bond acceptors (Lipinski definition) is 1. The molecule has 1 heterocycles. The molecule has 1 aromatic carbocycles. The van der Waals surface area contributed by atoms with Gasteiger partial charge in [0.25, 0.3) is 0 Å². The van der Waals surface area contributed by atoms with Crippen molar-refractivity contribution in [3.05, 3.63) is 27.5 Å². The molecule has 0 aliphatic rings. The quantitative estimate of drug-likeness (QED) is 0.626. The van der Waals surface area contributed by atoms with Gasteiger partial charge in [-0.05, 0) is 54.0 Å². The third-order valence-corrected chi connectivity index (χ3v) is 3.70. The van der Waals surface area contributed by atoms with Crippen LogP contribution in [0.15, 0.2) is 23.1 Å². The molecule has 3 heteroatoms. The fraction of sp³-hybridized carbons (Fsp3) is 0.200. The predicted octanol–water partition coefficient (Wildman–Crippen LogP) is 3.80. The zero-order valence-electron chi connectivity index (χ0n) is 7.52. The summed E-state index contributed by atoms with van der Waals surface area (Å²) >= 11 is 4.15. The summed E-state index contributed by atoms with van der Waals surface area (Å²) in [6.45, 7) is 2.12. The Kier molecular flexibility index (Phi) is 2.55. The fourth-order valence-electron chi connectivity index (χ4n) is 1.54. The van der Waals surface area contributed by atoms with Crippen molar-refractivity contribution in [1.29, 1.82) is 0 Å². The average Bonchev–Trinajstić information content (AvgIpc) is 2.40. The second-order valence-corrected chi connectivity index (χ2v) is 5.04. The summed E-state index contributed by atoms with van der Waals surface area (Å²) in [4.78, 5) is 4.75. The van der Waals surface area contributed by atoms with Gasteiger partial charge in [0.05, 0.1) is 0 Å². The molecule has 2 rings (SSSR count). The highest BCUT2D eigenvalue weighted by atomic mass is 127. The topological polar surface area (TPSA) is 15.8 Å². The lowest BCUT2D eigenvalue weighted by molar-refractivity contribution is 1.23. The minimum atomic E-state index is 1.24. The molecule has 0 atom stereocenters. The van der Waals surface area contributed by atoms with Gasteiger partial charge in [0.1, 0.15) is 0 Å². The van der Waals surface area contributed by atoms with E-state index >= 15 is 0 Å². The van der Waals surface area contributed by atoms with Gasteiger partial charge in [-0.3, -0.25) is 0 Å². The molecule has 2 aromatic rings. The van der Waals surface area contributed by atoms with Crippen LogP contribution in [0, 0.1) is 10.5 Å². The van der Waals surface area contributed by atoms with Crippen LogP contribution in [0.4, 0.5) is 0 Å². The standard InChI is InChI=1S/C10H10INS/c1-6-10(13-2)8-5-7(11)3-4-9(8)12-6/h3-5,12H,1-2H3. The minimum absolute atomic E-state index is 1.24. The molecule has 13 heavy (non-hydrogen) atoms. The van der Waals surface area contributed by atoms with Crippen LogP contribution in [0.5, 0.6) is 0 Å². The van der Waals surface area contributed by atoms with E-state index in [-0.39, 0.29) is 0 Å². The zero-order chi connectivity index (χ0) is 9.42.